The highest BCUT2D eigenvalue weighted by molar-refractivity contribution is 7.13. The van der Waals surface area contributed by atoms with Gasteiger partial charge in [0.05, 0.1) is 40.5 Å². The Morgan fingerprint density at radius 3 is 2.36 bits per heavy atom. The number of hydrogen-bond acceptors (Lipinski definition) is 10. The number of thiazole rings is 1. The summed E-state index contributed by atoms with van der Waals surface area (Å²) in [6.07, 6.45) is -0.247. The number of alkyl halides is 1. The van der Waals surface area contributed by atoms with Gasteiger partial charge >= 0.3 is 0 Å². The molecule has 4 aromatic rings. The number of halogens is 3. The molecule has 0 aliphatic carbocycles. The second-order valence-corrected chi connectivity index (χ2v) is 19.5. The van der Waals surface area contributed by atoms with Crippen molar-refractivity contribution >= 4 is 40.5 Å². The molecule has 2 saturated heterocycles. The number of aryl methyl sites for hydroxylation is 1. The van der Waals surface area contributed by atoms with E-state index in [-0.39, 0.29) is 62.5 Å². The summed E-state index contributed by atoms with van der Waals surface area (Å²) in [7, 11) is 0. The molecule has 0 spiro atoms. The molecule has 3 aliphatic rings. The lowest BCUT2D eigenvalue weighted by molar-refractivity contribution is -0.144. The molecule has 2 fully saturated rings. The molecule has 0 saturated carbocycles. The number of carbonyl (C=O) groups is 3. The van der Waals surface area contributed by atoms with E-state index >= 15 is 13.2 Å². The lowest BCUT2D eigenvalue weighted by Crippen LogP contribution is -2.58. The Morgan fingerprint density at radius 1 is 1.00 bits per heavy atom. The number of aromatic nitrogens is 1. The predicted molar refractivity (Wildman–Crippen MR) is 239 cm³/mol. The largest absolute Gasteiger partial charge is 0.491 e. The Hall–Kier alpha value is -5.16. The molecule has 4 heterocycles. The molecule has 16 heteroatoms. The number of amides is 3. The molecule has 3 aliphatic heterocycles. The number of aliphatic hydroxyl groups excluding tert-OH is 1. The van der Waals surface area contributed by atoms with Gasteiger partial charge in [0, 0.05) is 61.4 Å². The van der Waals surface area contributed by atoms with Gasteiger partial charge in [-0.1, -0.05) is 63.2 Å². The van der Waals surface area contributed by atoms with Crippen molar-refractivity contribution in [3.63, 3.8) is 0 Å². The van der Waals surface area contributed by atoms with Gasteiger partial charge < -0.3 is 30.1 Å². The van der Waals surface area contributed by atoms with E-state index in [2.05, 4.69) is 15.6 Å². The minimum Gasteiger partial charge on any atom is -0.491 e. The molecule has 3 N–H and O–H groups in total. The summed E-state index contributed by atoms with van der Waals surface area (Å²) in [5, 5.41) is 16.2. The Labute approximate surface area is 376 Å². The summed E-state index contributed by atoms with van der Waals surface area (Å²) in [5.74, 6) is -3.51. The van der Waals surface area contributed by atoms with Crippen molar-refractivity contribution in [3.05, 3.63) is 100 Å². The maximum absolute atomic E-state index is 16.1. The Balaban J connectivity index is 0.929. The third-order valence-corrected chi connectivity index (χ3v) is 13.0. The van der Waals surface area contributed by atoms with Crippen LogP contribution in [0.5, 0.6) is 5.75 Å². The van der Waals surface area contributed by atoms with Crippen LogP contribution in [0.4, 0.5) is 18.9 Å². The van der Waals surface area contributed by atoms with Gasteiger partial charge in [-0.3, -0.25) is 24.3 Å². The van der Waals surface area contributed by atoms with Crippen LogP contribution in [0.3, 0.4) is 0 Å². The smallest absolute Gasteiger partial charge is 0.246 e. The third-order valence-electron chi connectivity index (χ3n) is 12.0. The number of likely N-dealkylation sites (tertiary alicyclic amines) is 2. The Kier molecular flexibility index (Phi) is 14.0. The van der Waals surface area contributed by atoms with Crippen LogP contribution in [-0.4, -0.2) is 106 Å². The van der Waals surface area contributed by atoms with Crippen LogP contribution in [0, 0.1) is 24.0 Å². The monoisotopic (exact) mass is 902 g/mol. The van der Waals surface area contributed by atoms with Crippen LogP contribution in [0.15, 0.2) is 71.2 Å². The molecule has 342 valence electrons. The molecule has 0 bridgehead atoms. The van der Waals surface area contributed by atoms with Crippen LogP contribution >= 0.6 is 11.3 Å². The summed E-state index contributed by atoms with van der Waals surface area (Å²) < 4.78 is 58.6. The average Bonchev–Trinajstić information content (AvgIpc) is 3.95. The number of ether oxygens (including phenoxy) is 2. The van der Waals surface area contributed by atoms with E-state index in [1.54, 1.807) is 42.5 Å². The predicted octanol–water partition coefficient (Wildman–Crippen LogP) is 7.35. The molecule has 12 nitrogen and oxygen atoms in total. The van der Waals surface area contributed by atoms with Crippen molar-refractivity contribution in [3.8, 4) is 16.2 Å². The summed E-state index contributed by atoms with van der Waals surface area (Å²) in [4.78, 5) is 53.9. The summed E-state index contributed by atoms with van der Waals surface area (Å²) in [6.45, 7) is 11.5. The fraction of sp³-hybridized carbons (Fsp3) is 0.479. The van der Waals surface area contributed by atoms with Gasteiger partial charge in [-0.05, 0) is 62.3 Å². The van der Waals surface area contributed by atoms with Crippen LogP contribution in [0.2, 0.25) is 0 Å². The van der Waals surface area contributed by atoms with E-state index in [1.807, 2.05) is 62.4 Å². The van der Waals surface area contributed by atoms with Crippen LogP contribution in [0.25, 0.3) is 10.4 Å². The highest BCUT2D eigenvalue weighted by atomic mass is 32.1. The Morgan fingerprint density at radius 2 is 1.70 bits per heavy atom. The fourth-order valence-electron chi connectivity index (χ4n) is 8.93. The summed E-state index contributed by atoms with van der Waals surface area (Å²) in [6, 6.07) is 14.4. The standard InChI is InChI=1S/C48H57F3N6O6S/c1-27-18-34-33-10-8-9-11-37(33)54-41(34)42(57(27)25-48(6,7)51)40-35(49)20-32(21-36(40)50)63-17-16-62-24-39(59)55-44(47(3,4)5)46(61)56-23-31(58)19-38(56)45(60)52-22-29-12-14-30(15-13-29)43-28(2)53-26-64-43/h8-15,20-21,26-27,31,34,38,42,44,58H,16-19,22-25H2,1-7H3,(H,52,60)(H,55,59)/t27-,31-,34?,38+,42-,44?/m1/s1. The first kappa shape index (κ1) is 46.8. The molecule has 6 atom stereocenters. The minimum absolute atomic E-state index is 0.0475. The molecule has 0 radical (unpaired) electrons. The molecule has 2 unspecified atom stereocenters. The summed E-state index contributed by atoms with van der Waals surface area (Å²) >= 11 is 1.55. The molecule has 3 amide bonds. The zero-order chi connectivity index (χ0) is 46.1. The average molecular weight is 903 g/mol. The first-order chi connectivity index (χ1) is 30.3. The number of aliphatic hydroxyl groups is 1. The van der Waals surface area contributed by atoms with E-state index in [0.717, 1.165) is 45.1 Å². The zero-order valence-corrected chi connectivity index (χ0v) is 38.1. The van der Waals surface area contributed by atoms with Crippen LogP contribution in [-0.2, 0) is 25.7 Å². The van der Waals surface area contributed by atoms with E-state index in [1.165, 1.54) is 18.7 Å². The SMILES string of the molecule is Cc1ncsc1-c1ccc(CNC(=O)[C@@H]2C[C@@H](O)CN2C(=O)C(NC(=O)COCCOc2cc(F)c([C@@H]3C4=Nc5ccccc5C4C[C@@H](C)N3CC(C)(C)F)c(F)c2)C(C)(C)C)cc1. The molecule has 64 heavy (non-hydrogen) atoms. The Bertz CT molecular complexity index is 2360. The van der Waals surface area contributed by atoms with Crippen molar-refractivity contribution in [2.75, 3.05) is 32.9 Å². The van der Waals surface area contributed by atoms with Crippen LogP contribution in [0.1, 0.15) is 88.7 Å². The van der Waals surface area contributed by atoms with E-state index < -0.39 is 71.3 Å². The highest BCUT2D eigenvalue weighted by Gasteiger charge is 2.47. The maximum Gasteiger partial charge on any atom is 0.246 e. The molecule has 3 aromatic carbocycles. The quantitative estimate of drug-likeness (QED) is 0.105. The molecule has 7 rings (SSSR count). The maximum atomic E-state index is 16.1. The van der Waals surface area contributed by atoms with Gasteiger partial charge in [0.2, 0.25) is 17.7 Å². The van der Waals surface area contributed by atoms with Crippen molar-refractivity contribution < 1.29 is 42.1 Å². The number of β-amino-alcohol motifs (C(OH)–C–C–N with tert-alkyl or cyclic N) is 1. The van der Waals surface area contributed by atoms with Crippen LogP contribution < -0.4 is 15.4 Å². The number of nitrogens with one attached hydrogen (secondary N) is 2. The number of piperidine rings is 1. The number of aliphatic imine (C=N–C) groups is 1. The van der Waals surface area contributed by atoms with E-state index in [9.17, 15) is 19.5 Å². The van der Waals surface area contributed by atoms with Gasteiger partial charge in [0.15, 0.2) is 0 Å². The lowest BCUT2D eigenvalue weighted by atomic mass is 9.78. The number of fused-ring (bicyclic) bond motifs is 3. The van der Waals surface area contributed by atoms with Gasteiger partial charge in [0.1, 0.15) is 48.4 Å². The number of rotatable bonds is 15. The first-order valence-corrected chi connectivity index (χ1v) is 22.5. The molecular formula is C48H57F3N6O6S. The number of para-hydroxylation sites is 1. The zero-order valence-electron chi connectivity index (χ0n) is 37.3. The second kappa shape index (κ2) is 19.1. The van der Waals surface area contributed by atoms with Crippen molar-refractivity contribution in [1.29, 1.82) is 0 Å². The molecular weight excluding hydrogens is 846 g/mol. The topological polar surface area (TPSA) is 146 Å². The molecule has 1 aromatic heterocycles. The fourth-order valence-corrected chi connectivity index (χ4v) is 9.74. The lowest BCUT2D eigenvalue weighted by Gasteiger charge is -2.45. The number of benzene rings is 3. The van der Waals surface area contributed by atoms with Crippen molar-refractivity contribution in [2.45, 2.75) is 110 Å². The van der Waals surface area contributed by atoms with Gasteiger partial charge in [-0.15, -0.1) is 11.3 Å². The van der Waals surface area contributed by atoms with Crippen molar-refractivity contribution in [1.82, 2.24) is 25.4 Å². The number of hydrogen-bond donors (Lipinski definition) is 3. The summed E-state index contributed by atoms with van der Waals surface area (Å²) in [5.41, 5.74) is 4.28. The van der Waals surface area contributed by atoms with Gasteiger partial charge in [-0.25, -0.2) is 18.2 Å². The second-order valence-electron chi connectivity index (χ2n) is 18.7. The van der Waals surface area contributed by atoms with E-state index in [4.69, 9.17) is 14.5 Å². The number of carbonyl (C=O) groups excluding carboxylic acids is 3. The number of nitrogens with zero attached hydrogens (tertiary/aromatic N) is 4. The highest BCUT2D eigenvalue weighted by Crippen LogP contribution is 2.49. The first-order valence-electron chi connectivity index (χ1n) is 21.7. The van der Waals surface area contributed by atoms with Gasteiger partial charge in [0.25, 0.3) is 0 Å². The normalized spacial score (nSPS) is 21.5. The van der Waals surface area contributed by atoms with Crippen molar-refractivity contribution in [2.24, 2.45) is 10.4 Å². The van der Waals surface area contributed by atoms with E-state index in [0.29, 0.717) is 12.1 Å². The minimum atomic E-state index is -1.64. The van der Waals surface area contributed by atoms with Gasteiger partial charge in [-0.2, -0.15) is 0 Å². The third kappa shape index (κ3) is 10.5.